The Labute approximate surface area is 195 Å². The van der Waals surface area contributed by atoms with Crippen molar-refractivity contribution in [2.45, 2.75) is 37.4 Å². The highest BCUT2D eigenvalue weighted by Crippen LogP contribution is 2.32. The highest BCUT2D eigenvalue weighted by molar-refractivity contribution is 5.90. The maximum atomic E-state index is 13.1. The molecule has 0 spiro atoms. The summed E-state index contributed by atoms with van der Waals surface area (Å²) in [5.74, 6) is 0.311. The second kappa shape index (κ2) is 9.09. The molecule has 0 saturated carbocycles. The lowest BCUT2D eigenvalue weighted by Crippen LogP contribution is -2.43. The summed E-state index contributed by atoms with van der Waals surface area (Å²) in [6, 6.07) is 12.2. The number of rotatable bonds is 5. The van der Waals surface area contributed by atoms with Crippen molar-refractivity contribution in [2.24, 2.45) is 0 Å². The number of hydrogen-bond donors (Lipinski definition) is 2. The fourth-order valence-corrected chi connectivity index (χ4v) is 4.94. The molecule has 1 aliphatic heterocycles. The van der Waals surface area contributed by atoms with Gasteiger partial charge in [-0.15, -0.1) is 0 Å². The minimum atomic E-state index is -4.31. The summed E-state index contributed by atoms with van der Waals surface area (Å²) in [5, 5.41) is 10.6. The van der Waals surface area contributed by atoms with Gasteiger partial charge in [0.05, 0.1) is 24.0 Å². The number of urea groups is 1. The van der Waals surface area contributed by atoms with Crippen LogP contribution in [0.5, 0.6) is 0 Å². The van der Waals surface area contributed by atoms with E-state index in [1.165, 1.54) is 4.90 Å². The number of alkyl halides is 3. The first-order valence-electron chi connectivity index (χ1n) is 11.3. The molecule has 178 valence electrons. The Hall–Kier alpha value is -3.40. The summed E-state index contributed by atoms with van der Waals surface area (Å²) in [4.78, 5) is 18.5. The molecule has 3 heterocycles. The Morgan fingerprint density at radius 3 is 2.65 bits per heavy atom. The number of nitrogens with one attached hydrogen (secondary N) is 2. The van der Waals surface area contributed by atoms with E-state index in [2.05, 4.69) is 15.6 Å². The Morgan fingerprint density at radius 2 is 1.91 bits per heavy atom. The first-order chi connectivity index (χ1) is 16.4. The first-order valence-corrected chi connectivity index (χ1v) is 11.3. The number of nitrogens with zero attached hydrogens (tertiary/aromatic N) is 4. The summed E-state index contributed by atoms with van der Waals surface area (Å²) < 4.78 is 40.9. The molecule has 7 nitrogen and oxygen atoms in total. The topological polar surface area (TPSA) is 75.1 Å². The molecule has 0 unspecified atom stereocenters. The van der Waals surface area contributed by atoms with Crippen molar-refractivity contribution in [3.63, 3.8) is 0 Å². The number of halogens is 3. The second-order valence-corrected chi connectivity index (χ2v) is 8.78. The molecule has 2 aliphatic rings. The van der Waals surface area contributed by atoms with Gasteiger partial charge in [-0.1, -0.05) is 24.3 Å². The minimum Gasteiger partial charge on any atom is -0.333 e. The monoisotopic (exact) mass is 470 g/mol. The third kappa shape index (κ3) is 4.77. The van der Waals surface area contributed by atoms with E-state index < -0.39 is 24.8 Å². The van der Waals surface area contributed by atoms with Gasteiger partial charge in [0.2, 0.25) is 0 Å². The molecule has 2 N–H and O–H groups in total. The van der Waals surface area contributed by atoms with Gasteiger partial charge < -0.3 is 5.32 Å². The van der Waals surface area contributed by atoms with E-state index in [1.807, 2.05) is 36.4 Å². The van der Waals surface area contributed by atoms with E-state index in [0.29, 0.717) is 5.82 Å². The Morgan fingerprint density at radius 1 is 1.09 bits per heavy atom. The van der Waals surface area contributed by atoms with E-state index >= 15 is 0 Å². The Bertz CT molecular complexity index is 1150. The van der Waals surface area contributed by atoms with Crippen molar-refractivity contribution >= 4 is 11.8 Å². The number of aryl methyl sites for hydroxylation is 1. The zero-order valence-corrected chi connectivity index (χ0v) is 18.4. The molecule has 1 aliphatic carbocycles. The van der Waals surface area contributed by atoms with E-state index in [-0.39, 0.29) is 19.0 Å². The normalized spacial score (nSPS) is 20.3. The number of carbonyl (C=O) groups excluding carboxylic acids is 1. The number of benzene rings is 1. The van der Waals surface area contributed by atoms with Gasteiger partial charge in [-0.3, -0.25) is 15.2 Å². The summed E-state index contributed by atoms with van der Waals surface area (Å²) in [6.45, 7) is -0.728. The second-order valence-electron chi connectivity index (χ2n) is 8.78. The standard InChI is InChI=1S/C24H25F3N6O/c25-24(26,27)15-32-13-19(16-6-5-11-28-12-16)21(14-32)29-23(34)30-22-18-9-4-10-20(18)31-33(22)17-7-2-1-3-8-17/h1-3,5-8,11-12,19,21H,4,9-10,13-15H2,(H2,29,30,34)/t19-,21+/m1/s1. The number of hydrogen-bond acceptors (Lipinski definition) is 4. The summed E-state index contributed by atoms with van der Waals surface area (Å²) >= 11 is 0. The van der Waals surface area contributed by atoms with Crippen LogP contribution >= 0.6 is 0 Å². The molecule has 34 heavy (non-hydrogen) atoms. The molecule has 10 heteroatoms. The number of aromatic nitrogens is 3. The maximum Gasteiger partial charge on any atom is 0.401 e. The van der Waals surface area contributed by atoms with E-state index in [9.17, 15) is 18.0 Å². The van der Waals surface area contributed by atoms with Crippen LogP contribution in [-0.2, 0) is 12.8 Å². The van der Waals surface area contributed by atoms with Gasteiger partial charge in [0.1, 0.15) is 5.82 Å². The molecule has 1 fully saturated rings. The number of para-hydroxylation sites is 1. The van der Waals surface area contributed by atoms with Crippen LogP contribution in [0.25, 0.3) is 5.69 Å². The van der Waals surface area contributed by atoms with E-state index in [4.69, 9.17) is 5.10 Å². The van der Waals surface area contributed by atoms with Crippen LogP contribution in [0, 0.1) is 0 Å². The van der Waals surface area contributed by atoms with E-state index in [0.717, 1.165) is 41.8 Å². The lowest BCUT2D eigenvalue weighted by Gasteiger charge is -2.21. The maximum absolute atomic E-state index is 13.1. The summed E-state index contributed by atoms with van der Waals surface area (Å²) in [6.07, 6.45) is 1.60. The lowest BCUT2D eigenvalue weighted by atomic mass is 9.96. The van der Waals surface area contributed by atoms with Gasteiger partial charge in [-0.05, 0) is 43.0 Å². The molecular formula is C24H25F3N6O. The van der Waals surface area contributed by atoms with Gasteiger partial charge in [-0.25, -0.2) is 9.48 Å². The molecule has 2 aromatic heterocycles. The lowest BCUT2D eigenvalue weighted by molar-refractivity contribution is -0.143. The van der Waals surface area contributed by atoms with Gasteiger partial charge in [0, 0.05) is 37.0 Å². The molecule has 3 aromatic rings. The van der Waals surface area contributed by atoms with Crippen molar-refractivity contribution in [3.05, 3.63) is 71.7 Å². The zero-order chi connectivity index (χ0) is 23.7. The third-order valence-corrected chi connectivity index (χ3v) is 6.37. The number of amides is 2. The van der Waals surface area contributed by atoms with E-state index in [1.54, 1.807) is 23.1 Å². The fraction of sp³-hybridized carbons (Fsp3) is 0.375. The smallest absolute Gasteiger partial charge is 0.333 e. The van der Waals surface area contributed by atoms with Crippen molar-refractivity contribution in [1.82, 2.24) is 25.0 Å². The molecular weight excluding hydrogens is 445 g/mol. The predicted octanol–water partition coefficient (Wildman–Crippen LogP) is 3.91. The number of fused-ring (bicyclic) bond motifs is 1. The van der Waals surface area contributed by atoms with Crippen molar-refractivity contribution in [2.75, 3.05) is 25.0 Å². The highest BCUT2D eigenvalue weighted by atomic mass is 19.4. The van der Waals surface area contributed by atoms with Crippen LogP contribution in [0.1, 0.15) is 29.2 Å². The molecule has 2 amide bonds. The largest absolute Gasteiger partial charge is 0.401 e. The minimum absolute atomic E-state index is 0.0997. The summed E-state index contributed by atoms with van der Waals surface area (Å²) in [7, 11) is 0. The zero-order valence-electron chi connectivity index (χ0n) is 18.4. The number of carbonyl (C=O) groups is 1. The molecule has 2 atom stereocenters. The van der Waals surface area contributed by atoms with Crippen molar-refractivity contribution in [1.29, 1.82) is 0 Å². The number of anilines is 1. The molecule has 1 saturated heterocycles. The fourth-order valence-electron chi connectivity index (χ4n) is 4.94. The SMILES string of the molecule is O=C(Nc1c2c(nn1-c1ccccc1)CCC2)N[C@H]1CN(CC(F)(F)F)C[C@@H]1c1cccnc1. The van der Waals surface area contributed by atoms with Crippen LogP contribution in [0.15, 0.2) is 54.9 Å². The third-order valence-electron chi connectivity index (χ3n) is 6.37. The van der Waals surface area contributed by atoms with Crippen LogP contribution in [-0.4, -0.2) is 57.5 Å². The van der Waals surface area contributed by atoms with Gasteiger partial charge >= 0.3 is 12.2 Å². The first kappa shape index (κ1) is 22.4. The van der Waals surface area contributed by atoms with Crippen molar-refractivity contribution < 1.29 is 18.0 Å². The predicted molar refractivity (Wildman–Crippen MR) is 121 cm³/mol. The number of likely N-dealkylation sites (tertiary alicyclic amines) is 1. The summed E-state index contributed by atoms with van der Waals surface area (Å²) in [5.41, 5.74) is 3.60. The number of pyridine rings is 1. The van der Waals surface area contributed by atoms with Crippen LogP contribution < -0.4 is 10.6 Å². The molecule has 5 rings (SSSR count). The van der Waals surface area contributed by atoms with Gasteiger partial charge in [-0.2, -0.15) is 18.3 Å². The van der Waals surface area contributed by atoms with Gasteiger partial charge in [0.15, 0.2) is 0 Å². The average molecular weight is 470 g/mol. The average Bonchev–Trinajstić information content (AvgIpc) is 3.50. The molecule has 0 bridgehead atoms. The van der Waals surface area contributed by atoms with Crippen molar-refractivity contribution in [3.8, 4) is 5.69 Å². The molecule has 1 aromatic carbocycles. The van der Waals surface area contributed by atoms with Crippen LogP contribution in [0.4, 0.5) is 23.8 Å². The Balaban J connectivity index is 1.36. The molecule has 0 radical (unpaired) electrons. The van der Waals surface area contributed by atoms with Gasteiger partial charge in [0.25, 0.3) is 0 Å². The highest BCUT2D eigenvalue weighted by Gasteiger charge is 2.40. The van der Waals surface area contributed by atoms with Crippen LogP contribution in [0.2, 0.25) is 0 Å². The quantitative estimate of drug-likeness (QED) is 0.593. The van der Waals surface area contributed by atoms with Crippen LogP contribution in [0.3, 0.4) is 0 Å². The Kier molecular flexibility index (Phi) is 5.99.